The zero-order chi connectivity index (χ0) is 19.2. The minimum atomic E-state index is -5.69. The summed E-state index contributed by atoms with van der Waals surface area (Å²) in [7, 11) is 0. The minimum absolute atomic E-state index is 0.734. The van der Waals surface area contributed by atoms with Gasteiger partial charge in [-0.15, -0.1) is 0 Å². The van der Waals surface area contributed by atoms with E-state index in [1.807, 2.05) is 0 Å². The van der Waals surface area contributed by atoms with Crippen LogP contribution in [-0.2, 0) is 0 Å². The number of alkyl halides is 6. The molecule has 7 nitrogen and oxygen atoms in total. The molecule has 1 amide bonds. The smallest absolute Gasteiger partial charge is 0.362 e. The standard InChI is InChI=1S/C12H7F6N3O4/c13-11(14,15)8-5-10(23,12(16,17)18)20(19-8)9(22)6-3-1-2-4-7(6)21(24)25/h1-4,23H,5H2/t10-/m1/s1. The molecule has 2 rings (SSSR count). The van der Waals surface area contributed by atoms with E-state index in [1.165, 1.54) is 0 Å². The first-order chi connectivity index (χ1) is 11.3. The molecule has 0 aliphatic carbocycles. The molecule has 0 unspecified atom stereocenters. The SMILES string of the molecule is O=C(c1ccccc1[N+](=O)[O-])N1N=C(C(F)(F)F)C[C@@]1(O)C(F)(F)F. The Labute approximate surface area is 134 Å². The topological polar surface area (TPSA) is 96.0 Å². The van der Waals surface area contributed by atoms with E-state index in [9.17, 15) is 46.4 Å². The van der Waals surface area contributed by atoms with Crippen molar-refractivity contribution in [3.63, 3.8) is 0 Å². The van der Waals surface area contributed by atoms with Crippen LogP contribution >= 0.6 is 0 Å². The van der Waals surface area contributed by atoms with Gasteiger partial charge in [0.25, 0.3) is 17.3 Å². The van der Waals surface area contributed by atoms with Crippen LogP contribution in [0.5, 0.6) is 0 Å². The van der Waals surface area contributed by atoms with Crippen LogP contribution in [0.15, 0.2) is 29.4 Å². The molecule has 1 N–H and O–H groups in total. The van der Waals surface area contributed by atoms with E-state index >= 15 is 0 Å². The molecule has 1 aliphatic rings. The Morgan fingerprint density at radius 1 is 1.24 bits per heavy atom. The van der Waals surface area contributed by atoms with Gasteiger partial charge in [0.2, 0.25) is 0 Å². The van der Waals surface area contributed by atoms with Crippen LogP contribution in [0.2, 0.25) is 0 Å². The Balaban J connectivity index is 2.59. The molecular weight excluding hydrogens is 364 g/mol. The number of benzene rings is 1. The molecular formula is C12H7F6N3O4. The van der Waals surface area contributed by atoms with E-state index in [0.29, 0.717) is 0 Å². The highest BCUT2D eigenvalue weighted by atomic mass is 19.4. The van der Waals surface area contributed by atoms with E-state index < -0.39 is 57.3 Å². The molecule has 1 aromatic rings. The van der Waals surface area contributed by atoms with Gasteiger partial charge in [0.15, 0.2) is 0 Å². The zero-order valence-electron chi connectivity index (χ0n) is 11.8. The predicted molar refractivity (Wildman–Crippen MR) is 68.4 cm³/mol. The summed E-state index contributed by atoms with van der Waals surface area (Å²) in [6.45, 7) is 0. The monoisotopic (exact) mass is 371 g/mol. The molecule has 136 valence electrons. The molecule has 1 atom stereocenters. The van der Waals surface area contributed by atoms with Crippen LogP contribution in [0.1, 0.15) is 16.8 Å². The number of hydrazone groups is 1. The number of hydrogen-bond acceptors (Lipinski definition) is 5. The second-order valence-electron chi connectivity index (χ2n) is 4.93. The summed E-state index contributed by atoms with van der Waals surface area (Å²) in [6.07, 6.45) is -13.1. The van der Waals surface area contributed by atoms with Crippen molar-refractivity contribution in [1.29, 1.82) is 0 Å². The Bertz CT molecular complexity index is 760. The number of nitro groups is 1. The summed E-state index contributed by atoms with van der Waals surface area (Å²) < 4.78 is 77.3. The van der Waals surface area contributed by atoms with Crippen LogP contribution in [0.3, 0.4) is 0 Å². The van der Waals surface area contributed by atoms with E-state index in [4.69, 9.17) is 0 Å². The molecule has 0 spiro atoms. The summed E-state index contributed by atoms with van der Waals surface area (Å²) >= 11 is 0. The predicted octanol–water partition coefficient (Wildman–Crippen LogP) is 2.61. The van der Waals surface area contributed by atoms with Crippen molar-refractivity contribution in [2.24, 2.45) is 5.10 Å². The summed E-state index contributed by atoms with van der Waals surface area (Å²) in [5.41, 5.74) is -8.23. The highest BCUT2D eigenvalue weighted by Gasteiger charge is 2.66. The summed E-state index contributed by atoms with van der Waals surface area (Å²) in [5.74, 6) is -1.90. The molecule has 0 bridgehead atoms. The van der Waals surface area contributed by atoms with E-state index in [1.54, 1.807) is 0 Å². The number of carbonyl (C=O) groups excluding carboxylic acids is 1. The fourth-order valence-corrected chi connectivity index (χ4v) is 2.07. The van der Waals surface area contributed by atoms with E-state index in [-0.39, 0.29) is 0 Å². The Hall–Kier alpha value is -2.70. The molecule has 1 heterocycles. The van der Waals surface area contributed by atoms with Crippen molar-refractivity contribution in [2.45, 2.75) is 24.5 Å². The van der Waals surface area contributed by atoms with Gasteiger partial charge in [0, 0.05) is 6.07 Å². The average Bonchev–Trinajstić information content (AvgIpc) is 2.85. The number of hydrogen-bond donors (Lipinski definition) is 1. The van der Waals surface area contributed by atoms with Gasteiger partial charge in [0.1, 0.15) is 11.3 Å². The lowest BCUT2D eigenvalue weighted by Crippen LogP contribution is -2.57. The summed E-state index contributed by atoms with van der Waals surface area (Å²) in [5, 5.41) is 22.3. The molecule has 25 heavy (non-hydrogen) atoms. The van der Waals surface area contributed by atoms with Crippen molar-refractivity contribution in [2.75, 3.05) is 0 Å². The van der Waals surface area contributed by atoms with Gasteiger partial charge in [-0.25, -0.2) is 0 Å². The quantitative estimate of drug-likeness (QED) is 0.491. The first-order valence-electron chi connectivity index (χ1n) is 6.31. The van der Waals surface area contributed by atoms with Crippen molar-refractivity contribution in [3.8, 4) is 0 Å². The lowest BCUT2D eigenvalue weighted by Gasteiger charge is -2.32. The van der Waals surface area contributed by atoms with Gasteiger partial charge in [0.05, 0.1) is 11.3 Å². The number of carbonyl (C=O) groups is 1. The number of para-hydroxylation sites is 1. The van der Waals surface area contributed by atoms with Crippen molar-refractivity contribution in [3.05, 3.63) is 39.9 Å². The fraction of sp³-hybridized carbons (Fsp3) is 0.333. The fourth-order valence-electron chi connectivity index (χ4n) is 2.07. The lowest BCUT2D eigenvalue weighted by molar-refractivity contribution is -0.385. The maximum atomic E-state index is 13.1. The van der Waals surface area contributed by atoms with Gasteiger partial charge in [-0.2, -0.15) is 36.5 Å². The molecule has 0 saturated heterocycles. The summed E-state index contributed by atoms with van der Waals surface area (Å²) in [6, 6.07) is 3.65. The highest BCUT2D eigenvalue weighted by Crippen LogP contribution is 2.44. The largest absolute Gasteiger partial charge is 0.438 e. The number of nitrogens with zero attached hydrogens (tertiary/aromatic N) is 3. The number of amides is 1. The number of rotatable bonds is 2. The van der Waals surface area contributed by atoms with E-state index in [2.05, 4.69) is 5.10 Å². The summed E-state index contributed by atoms with van der Waals surface area (Å²) in [4.78, 5) is 21.9. The molecule has 1 aromatic carbocycles. The van der Waals surface area contributed by atoms with Crippen molar-refractivity contribution < 1.29 is 41.2 Å². The lowest BCUT2D eigenvalue weighted by atomic mass is 10.0. The normalized spacial score (nSPS) is 21.2. The van der Waals surface area contributed by atoms with Crippen molar-refractivity contribution in [1.82, 2.24) is 5.01 Å². The van der Waals surface area contributed by atoms with Crippen LogP contribution in [0.4, 0.5) is 32.0 Å². The Morgan fingerprint density at radius 3 is 2.28 bits per heavy atom. The van der Waals surface area contributed by atoms with Gasteiger partial charge >= 0.3 is 12.4 Å². The molecule has 1 aliphatic heterocycles. The third-order valence-electron chi connectivity index (χ3n) is 3.29. The molecule has 13 heteroatoms. The first-order valence-corrected chi connectivity index (χ1v) is 6.31. The maximum Gasteiger partial charge on any atom is 0.438 e. The molecule has 0 saturated carbocycles. The van der Waals surface area contributed by atoms with Crippen LogP contribution in [0.25, 0.3) is 0 Å². The second kappa shape index (κ2) is 5.68. The van der Waals surface area contributed by atoms with Gasteiger partial charge in [-0.1, -0.05) is 12.1 Å². The molecule has 0 fully saturated rings. The molecule has 0 aromatic heterocycles. The average molecular weight is 371 g/mol. The minimum Gasteiger partial charge on any atom is -0.362 e. The third kappa shape index (κ3) is 3.14. The Morgan fingerprint density at radius 2 is 1.80 bits per heavy atom. The number of aliphatic hydroxyl groups is 1. The number of nitro benzene ring substituents is 1. The van der Waals surface area contributed by atoms with Crippen LogP contribution < -0.4 is 0 Å². The first kappa shape index (κ1) is 18.6. The van der Waals surface area contributed by atoms with Crippen molar-refractivity contribution >= 4 is 17.3 Å². The van der Waals surface area contributed by atoms with Crippen LogP contribution in [0, 0.1) is 10.1 Å². The second-order valence-corrected chi connectivity index (χ2v) is 4.93. The Kier molecular flexibility index (Phi) is 4.24. The molecule has 0 radical (unpaired) electrons. The van der Waals surface area contributed by atoms with Gasteiger partial charge in [-0.3, -0.25) is 14.9 Å². The highest BCUT2D eigenvalue weighted by molar-refractivity contribution is 6.02. The van der Waals surface area contributed by atoms with E-state index in [0.717, 1.165) is 24.3 Å². The maximum absolute atomic E-state index is 13.1. The zero-order valence-corrected chi connectivity index (χ0v) is 11.8. The van der Waals surface area contributed by atoms with Gasteiger partial charge in [-0.05, 0) is 6.07 Å². The third-order valence-corrected chi connectivity index (χ3v) is 3.29. The van der Waals surface area contributed by atoms with Crippen LogP contribution in [-0.4, -0.2) is 44.7 Å². The van der Waals surface area contributed by atoms with Gasteiger partial charge < -0.3 is 5.11 Å². The number of halogens is 6.